The molecule has 1 unspecified atom stereocenters. The lowest BCUT2D eigenvalue weighted by Crippen LogP contribution is -2.27. The summed E-state index contributed by atoms with van der Waals surface area (Å²) in [7, 11) is 0. The molecule has 0 saturated heterocycles. The van der Waals surface area contributed by atoms with Crippen molar-refractivity contribution in [1.29, 1.82) is 0 Å². The molecule has 0 fully saturated rings. The summed E-state index contributed by atoms with van der Waals surface area (Å²) in [5.74, 6) is 0.247. The third-order valence-corrected chi connectivity index (χ3v) is 3.03. The molecule has 1 atom stereocenters. The standard InChI is InChI=1S/C11H17N3OS/c1-8(11(12)14-15)7-13-9-4-3-5-10(6-9)16-2/h3-6,8,13,15H,7H2,1-2H3,(H2,12,14). The molecule has 0 radical (unpaired) electrons. The summed E-state index contributed by atoms with van der Waals surface area (Å²) in [6, 6.07) is 8.13. The fraction of sp³-hybridized carbons (Fsp3) is 0.364. The zero-order valence-corrected chi connectivity index (χ0v) is 10.3. The van der Waals surface area contributed by atoms with E-state index in [0.717, 1.165) is 5.69 Å². The van der Waals surface area contributed by atoms with Gasteiger partial charge in [-0.25, -0.2) is 0 Å². The van der Waals surface area contributed by atoms with E-state index in [0.29, 0.717) is 6.54 Å². The predicted molar refractivity (Wildman–Crippen MR) is 69.3 cm³/mol. The van der Waals surface area contributed by atoms with Crippen LogP contribution in [-0.4, -0.2) is 23.8 Å². The highest BCUT2D eigenvalue weighted by Crippen LogP contribution is 2.19. The summed E-state index contributed by atoms with van der Waals surface area (Å²) in [5, 5.41) is 14.8. The zero-order chi connectivity index (χ0) is 12.0. The Balaban J connectivity index is 2.54. The average Bonchev–Trinajstić information content (AvgIpc) is 2.35. The van der Waals surface area contributed by atoms with Gasteiger partial charge in [0, 0.05) is 23.0 Å². The van der Waals surface area contributed by atoms with Crippen molar-refractivity contribution in [3.8, 4) is 0 Å². The third-order valence-electron chi connectivity index (χ3n) is 2.30. The number of nitrogens with zero attached hydrogens (tertiary/aromatic N) is 1. The molecule has 4 nitrogen and oxygen atoms in total. The Morgan fingerprint density at radius 1 is 1.62 bits per heavy atom. The molecule has 5 heteroatoms. The Kier molecular flexibility index (Phi) is 4.98. The van der Waals surface area contributed by atoms with Crippen LogP contribution in [0.1, 0.15) is 6.92 Å². The van der Waals surface area contributed by atoms with Crippen molar-refractivity contribution in [2.75, 3.05) is 18.1 Å². The SMILES string of the molecule is CSc1cccc(NCC(C)C(N)=NO)c1. The maximum atomic E-state index is 8.52. The van der Waals surface area contributed by atoms with Crippen LogP contribution in [0.4, 0.5) is 5.69 Å². The lowest BCUT2D eigenvalue weighted by molar-refractivity contribution is 0.315. The van der Waals surface area contributed by atoms with E-state index in [1.807, 2.05) is 25.3 Å². The molecule has 88 valence electrons. The van der Waals surface area contributed by atoms with Crippen LogP contribution in [0.25, 0.3) is 0 Å². The van der Waals surface area contributed by atoms with Gasteiger partial charge in [-0.3, -0.25) is 0 Å². The van der Waals surface area contributed by atoms with Crippen LogP contribution in [0.2, 0.25) is 0 Å². The Bertz CT molecular complexity index is 368. The first-order chi connectivity index (χ1) is 7.67. The first kappa shape index (κ1) is 12.7. The van der Waals surface area contributed by atoms with Crippen LogP contribution in [-0.2, 0) is 0 Å². The Labute approximate surface area is 99.9 Å². The van der Waals surface area contributed by atoms with Crippen molar-refractivity contribution >= 4 is 23.3 Å². The largest absolute Gasteiger partial charge is 0.409 e. The second-order valence-corrected chi connectivity index (χ2v) is 4.42. The fourth-order valence-corrected chi connectivity index (χ4v) is 1.67. The van der Waals surface area contributed by atoms with Crippen LogP contribution in [0.5, 0.6) is 0 Å². The number of benzene rings is 1. The molecular weight excluding hydrogens is 222 g/mol. The van der Waals surface area contributed by atoms with Crippen molar-refractivity contribution in [2.24, 2.45) is 16.8 Å². The molecular formula is C11H17N3OS. The summed E-state index contributed by atoms with van der Waals surface area (Å²) >= 11 is 1.70. The number of thioether (sulfide) groups is 1. The van der Waals surface area contributed by atoms with Gasteiger partial charge in [0.05, 0.1) is 0 Å². The van der Waals surface area contributed by atoms with Crippen LogP contribution in [0.3, 0.4) is 0 Å². The van der Waals surface area contributed by atoms with E-state index >= 15 is 0 Å². The number of amidine groups is 1. The molecule has 0 saturated carbocycles. The number of hydrogen-bond acceptors (Lipinski definition) is 4. The van der Waals surface area contributed by atoms with Gasteiger partial charge in [0.1, 0.15) is 5.84 Å². The topological polar surface area (TPSA) is 70.6 Å². The van der Waals surface area contributed by atoms with E-state index in [-0.39, 0.29) is 11.8 Å². The van der Waals surface area contributed by atoms with Crippen molar-refractivity contribution in [1.82, 2.24) is 0 Å². The molecule has 0 amide bonds. The lowest BCUT2D eigenvalue weighted by Gasteiger charge is -2.12. The Morgan fingerprint density at radius 2 is 2.38 bits per heavy atom. The summed E-state index contributed by atoms with van der Waals surface area (Å²) < 4.78 is 0. The number of nitrogens with two attached hydrogens (primary N) is 1. The van der Waals surface area contributed by atoms with E-state index in [4.69, 9.17) is 10.9 Å². The van der Waals surface area contributed by atoms with Crippen LogP contribution >= 0.6 is 11.8 Å². The van der Waals surface area contributed by atoms with E-state index < -0.39 is 0 Å². The summed E-state index contributed by atoms with van der Waals surface area (Å²) in [4.78, 5) is 1.21. The highest BCUT2D eigenvalue weighted by molar-refractivity contribution is 7.98. The number of rotatable bonds is 5. The van der Waals surface area contributed by atoms with Crippen molar-refractivity contribution in [2.45, 2.75) is 11.8 Å². The van der Waals surface area contributed by atoms with E-state index in [9.17, 15) is 0 Å². The molecule has 16 heavy (non-hydrogen) atoms. The monoisotopic (exact) mass is 239 g/mol. The second kappa shape index (κ2) is 6.27. The minimum atomic E-state index is 0.00272. The van der Waals surface area contributed by atoms with Gasteiger partial charge in [0.25, 0.3) is 0 Å². The minimum Gasteiger partial charge on any atom is -0.409 e. The molecule has 1 aromatic carbocycles. The molecule has 0 bridgehead atoms. The second-order valence-electron chi connectivity index (χ2n) is 3.54. The first-order valence-corrected chi connectivity index (χ1v) is 6.25. The van der Waals surface area contributed by atoms with Gasteiger partial charge in [-0.15, -0.1) is 11.8 Å². The van der Waals surface area contributed by atoms with Gasteiger partial charge < -0.3 is 16.3 Å². The molecule has 0 aromatic heterocycles. The van der Waals surface area contributed by atoms with Gasteiger partial charge in [-0.2, -0.15) is 0 Å². The molecule has 0 aliphatic carbocycles. The number of hydrogen-bond donors (Lipinski definition) is 3. The zero-order valence-electron chi connectivity index (χ0n) is 9.47. The highest BCUT2D eigenvalue weighted by Gasteiger charge is 2.06. The van der Waals surface area contributed by atoms with Gasteiger partial charge in [-0.05, 0) is 24.5 Å². The first-order valence-electron chi connectivity index (χ1n) is 5.02. The van der Waals surface area contributed by atoms with Gasteiger partial charge >= 0.3 is 0 Å². The smallest absolute Gasteiger partial charge is 0.143 e. The van der Waals surface area contributed by atoms with Crippen LogP contribution in [0.15, 0.2) is 34.3 Å². The van der Waals surface area contributed by atoms with Gasteiger partial charge in [-0.1, -0.05) is 18.1 Å². The van der Waals surface area contributed by atoms with Crippen molar-refractivity contribution in [3.05, 3.63) is 24.3 Å². The van der Waals surface area contributed by atoms with Crippen molar-refractivity contribution < 1.29 is 5.21 Å². The predicted octanol–water partition coefficient (Wildman–Crippen LogP) is 2.20. The van der Waals surface area contributed by atoms with E-state index in [1.165, 1.54) is 4.90 Å². The number of anilines is 1. The van der Waals surface area contributed by atoms with Crippen LogP contribution in [0, 0.1) is 5.92 Å². The normalized spacial score (nSPS) is 13.5. The third kappa shape index (κ3) is 3.66. The maximum absolute atomic E-state index is 8.52. The summed E-state index contributed by atoms with van der Waals surface area (Å²) in [6.45, 7) is 2.55. The molecule has 1 aromatic rings. The molecule has 0 spiro atoms. The maximum Gasteiger partial charge on any atom is 0.143 e. The quantitative estimate of drug-likeness (QED) is 0.242. The fourth-order valence-electron chi connectivity index (χ4n) is 1.21. The Hall–Kier alpha value is -1.36. The van der Waals surface area contributed by atoms with Gasteiger partial charge in [0.15, 0.2) is 0 Å². The molecule has 1 rings (SSSR count). The Morgan fingerprint density at radius 3 is 3.00 bits per heavy atom. The number of oxime groups is 1. The van der Waals surface area contributed by atoms with E-state index in [1.54, 1.807) is 11.8 Å². The molecule has 0 aliphatic heterocycles. The molecule has 0 aliphatic rings. The van der Waals surface area contributed by atoms with Crippen LogP contribution < -0.4 is 11.1 Å². The summed E-state index contributed by atoms with van der Waals surface area (Å²) in [5.41, 5.74) is 6.54. The molecule has 0 heterocycles. The highest BCUT2D eigenvalue weighted by atomic mass is 32.2. The number of nitrogens with one attached hydrogen (secondary N) is 1. The minimum absolute atomic E-state index is 0.00272. The van der Waals surface area contributed by atoms with Crippen molar-refractivity contribution in [3.63, 3.8) is 0 Å². The average molecular weight is 239 g/mol. The lowest BCUT2D eigenvalue weighted by atomic mass is 10.1. The van der Waals surface area contributed by atoms with E-state index in [2.05, 4.69) is 22.6 Å². The van der Waals surface area contributed by atoms with Gasteiger partial charge in [0.2, 0.25) is 0 Å². The molecule has 4 N–H and O–H groups in total. The summed E-state index contributed by atoms with van der Waals surface area (Å²) in [6.07, 6.45) is 2.04.